The molecule has 23 heavy (non-hydrogen) atoms. The van der Waals surface area contributed by atoms with E-state index in [2.05, 4.69) is 17.4 Å². The average Bonchev–Trinajstić information content (AvgIpc) is 2.59. The van der Waals surface area contributed by atoms with Crippen molar-refractivity contribution in [3.05, 3.63) is 64.7 Å². The maximum atomic E-state index is 11.8. The lowest BCUT2D eigenvalue weighted by atomic mass is 10.1. The van der Waals surface area contributed by atoms with E-state index in [1.165, 1.54) is 5.56 Å². The van der Waals surface area contributed by atoms with E-state index in [1.54, 1.807) is 7.11 Å². The highest BCUT2D eigenvalue weighted by Gasteiger charge is 2.02. The highest BCUT2D eigenvalue weighted by molar-refractivity contribution is 6.30. The van der Waals surface area contributed by atoms with Crippen LogP contribution in [0.4, 0.5) is 0 Å². The standard InChI is InChI=1S/C19H22ClNO2/c1-23-18-11-6-15(7-12-18)3-2-14-21-19(22)13-8-16-4-9-17(20)10-5-16/h4-7,9-12H,2-3,8,13-14H2,1H3,(H,21,22). The number of hydrogen-bond acceptors (Lipinski definition) is 2. The van der Waals surface area contributed by atoms with Gasteiger partial charge >= 0.3 is 0 Å². The maximum absolute atomic E-state index is 11.8. The second-order valence-corrected chi connectivity index (χ2v) is 5.86. The predicted octanol–water partition coefficient (Wildman–Crippen LogP) is 4.03. The van der Waals surface area contributed by atoms with Gasteiger partial charge in [-0.25, -0.2) is 0 Å². The zero-order valence-corrected chi connectivity index (χ0v) is 14.1. The molecule has 0 fully saturated rings. The first kappa shape index (κ1) is 17.4. The summed E-state index contributed by atoms with van der Waals surface area (Å²) in [6.07, 6.45) is 3.12. The smallest absolute Gasteiger partial charge is 0.220 e. The molecule has 122 valence electrons. The zero-order chi connectivity index (χ0) is 16.5. The minimum Gasteiger partial charge on any atom is -0.497 e. The van der Waals surface area contributed by atoms with Crippen LogP contribution in [0, 0.1) is 0 Å². The Morgan fingerprint density at radius 3 is 2.26 bits per heavy atom. The summed E-state index contributed by atoms with van der Waals surface area (Å²) in [5.41, 5.74) is 2.38. The van der Waals surface area contributed by atoms with Gasteiger partial charge in [-0.3, -0.25) is 4.79 Å². The summed E-state index contributed by atoms with van der Waals surface area (Å²) in [5, 5.41) is 3.69. The molecular formula is C19H22ClNO2. The van der Waals surface area contributed by atoms with Gasteiger partial charge in [-0.2, -0.15) is 0 Å². The van der Waals surface area contributed by atoms with Crippen LogP contribution in [0.25, 0.3) is 0 Å². The van der Waals surface area contributed by atoms with Crippen LogP contribution in [0.2, 0.25) is 5.02 Å². The second-order valence-electron chi connectivity index (χ2n) is 5.43. The molecule has 4 heteroatoms. The number of ether oxygens (including phenoxy) is 1. The number of amides is 1. The van der Waals surface area contributed by atoms with E-state index in [1.807, 2.05) is 36.4 Å². The van der Waals surface area contributed by atoms with Gasteiger partial charge in [0.25, 0.3) is 0 Å². The van der Waals surface area contributed by atoms with Crippen LogP contribution in [0.5, 0.6) is 5.75 Å². The van der Waals surface area contributed by atoms with E-state index < -0.39 is 0 Å². The summed E-state index contributed by atoms with van der Waals surface area (Å²) in [6.45, 7) is 0.700. The Bertz CT molecular complexity index is 608. The lowest BCUT2D eigenvalue weighted by molar-refractivity contribution is -0.121. The number of rotatable bonds is 8. The zero-order valence-electron chi connectivity index (χ0n) is 13.3. The van der Waals surface area contributed by atoms with Gasteiger partial charge in [-0.15, -0.1) is 0 Å². The van der Waals surface area contributed by atoms with Crippen LogP contribution < -0.4 is 10.1 Å². The Labute approximate surface area is 142 Å². The molecule has 1 N–H and O–H groups in total. The molecule has 0 aliphatic rings. The molecule has 1 amide bonds. The summed E-state index contributed by atoms with van der Waals surface area (Å²) in [4.78, 5) is 11.8. The van der Waals surface area contributed by atoms with Crippen molar-refractivity contribution < 1.29 is 9.53 Å². The molecule has 0 heterocycles. The van der Waals surface area contributed by atoms with Gasteiger partial charge in [0.15, 0.2) is 0 Å². The van der Waals surface area contributed by atoms with Crippen molar-refractivity contribution in [1.29, 1.82) is 0 Å². The van der Waals surface area contributed by atoms with Gasteiger partial charge in [0.05, 0.1) is 7.11 Å². The van der Waals surface area contributed by atoms with Gasteiger partial charge in [-0.1, -0.05) is 35.9 Å². The molecular weight excluding hydrogens is 310 g/mol. The predicted molar refractivity (Wildman–Crippen MR) is 94.1 cm³/mol. The fourth-order valence-electron chi connectivity index (χ4n) is 2.31. The van der Waals surface area contributed by atoms with Crippen LogP contribution in [-0.4, -0.2) is 19.6 Å². The van der Waals surface area contributed by atoms with E-state index >= 15 is 0 Å². The van der Waals surface area contributed by atoms with Crippen molar-refractivity contribution in [3.63, 3.8) is 0 Å². The van der Waals surface area contributed by atoms with E-state index in [4.69, 9.17) is 16.3 Å². The quantitative estimate of drug-likeness (QED) is 0.742. The molecule has 0 radical (unpaired) electrons. The molecule has 0 atom stereocenters. The fourth-order valence-corrected chi connectivity index (χ4v) is 2.44. The number of aryl methyl sites for hydroxylation is 2. The van der Waals surface area contributed by atoms with Crippen molar-refractivity contribution in [1.82, 2.24) is 5.32 Å². The normalized spacial score (nSPS) is 10.3. The molecule has 3 nitrogen and oxygen atoms in total. The molecule has 0 aromatic heterocycles. The number of methoxy groups -OCH3 is 1. The summed E-state index contributed by atoms with van der Waals surface area (Å²) in [7, 11) is 1.66. The first-order valence-electron chi connectivity index (χ1n) is 7.81. The van der Waals surface area contributed by atoms with Crippen LogP contribution in [-0.2, 0) is 17.6 Å². The molecule has 2 rings (SSSR count). The first-order chi connectivity index (χ1) is 11.2. The lowest BCUT2D eigenvalue weighted by Gasteiger charge is -2.06. The van der Waals surface area contributed by atoms with Gasteiger partial charge in [0.2, 0.25) is 5.91 Å². The summed E-state index contributed by atoms with van der Waals surface area (Å²) in [5.74, 6) is 0.957. The Kier molecular flexibility index (Phi) is 6.95. The first-order valence-corrected chi connectivity index (χ1v) is 8.19. The van der Waals surface area contributed by atoms with Crippen molar-refractivity contribution in [2.75, 3.05) is 13.7 Å². The van der Waals surface area contributed by atoms with Crippen molar-refractivity contribution in [2.45, 2.75) is 25.7 Å². The van der Waals surface area contributed by atoms with E-state index in [9.17, 15) is 4.79 Å². The molecule has 0 saturated heterocycles. The highest BCUT2D eigenvalue weighted by Crippen LogP contribution is 2.12. The average molecular weight is 332 g/mol. The van der Waals surface area contributed by atoms with Crippen LogP contribution >= 0.6 is 11.6 Å². The van der Waals surface area contributed by atoms with Gasteiger partial charge in [0.1, 0.15) is 5.75 Å². The molecule has 0 spiro atoms. The molecule has 2 aromatic carbocycles. The number of nitrogens with one attached hydrogen (secondary N) is 1. The third-order valence-corrected chi connectivity index (χ3v) is 3.93. The fraction of sp³-hybridized carbons (Fsp3) is 0.316. The monoisotopic (exact) mass is 331 g/mol. The van der Waals surface area contributed by atoms with Crippen molar-refractivity contribution in [2.24, 2.45) is 0 Å². The van der Waals surface area contributed by atoms with Crippen LogP contribution in [0.3, 0.4) is 0 Å². The topological polar surface area (TPSA) is 38.3 Å². The minimum atomic E-state index is 0.0923. The Balaban J connectivity index is 1.61. The SMILES string of the molecule is COc1ccc(CCCNC(=O)CCc2ccc(Cl)cc2)cc1. The number of benzene rings is 2. The van der Waals surface area contributed by atoms with Crippen molar-refractivity contribution >= 4 is 17.5 Å². The highest BCUT2D eigenvalue weighted by atomic mass is 35.5. The van der Waals surface area contributed by atoms with Gasteiger partial charge in [-0.05, 0) is 54.7 Å². The number of carbonyl (C=O) groups excluding carboxylic acids is 1. The van der Waals surface area contributed by atoms with Crippen molar-refractivity contribution in [3.8, 4) is 5.75 Å². The Hall–Kier alpha value is -2.00. The third kappa shape index (κ3) is 6.33. The van der Waals surface area contributed by atoms with Gasteiger partial charge in [0, 0.05) is 18.0 Å². The van der Waals surface area contributed by atoms with E-state index in [0.717, 1.165) is 35.6 Å². The molecule has 2 aromatic rings. The summed E-state index contributed by atoms with van der Waals surface area (Å²) in [6, 6.07) is 15.6. The number of carbonyl (C=O) groups is 1. The molecule has 0 unspecified atom stereocenters. The Morgan fingerprint density at radius 1 is 1.00 bits per heavy atom. The molecule has 0 aliphatic heterocycles. The molecule has 0 aliphatic carbocycles. The Morgan fingerprint density at radius 2 is 1.61 bits per heavy atom. The lowest BCUT2D eigenvalue weighted by Crippen LogP contribution is -2.24. The van der Waals surface area contributed by atoms with E-state index in [-0.39, 0.29) is 5.91 Å². The summed E-state index contributed by atoms with van der Waals surface area (Å²) < 4.78 is 5.13. The molecule has 0 bridgehead atoms. The maximum Gasteiger partial charge on any atom is 0.220 e. The van der Waals surface area contributed by atoms with Crippen LogP contribution in [0.1, 0.15) is 24.0 Å². The number of halogens is 1. The summed E-state index contributed by atoms with van der Waals surface area (Å²) >= 11 is 5.84. The second kappa shape index (κ2) is 9.21. The molecule has 0 saturated carbocycles. The minimum absolute atomic E-state index is 0.0923. The third-order valence-electron chi connectivity index (χ3n) is 3.68. The van der Waals surface area contributed by atoms with Gasteiger partial charge < -0.3 is 10.1 Å². The largest absolute Gasteiger partial charge is 0.497 e. The van der Waals surface area contributed by atoms with E-state index in [0.29, 0.717) is 13.0 Å². The number of hydrogen-bond donors (Lipinski definition) is 1. The van der Waals surface area contributed by atoms with Crippen LogP contribution in [0.15, 0.2) is 48.5 Å².